The van der Waals surface area contributed by atoms with Crippen LogP contribution in [0.15, 0.2) is 12.3 Å². The number of aromatic nitrogens is 1. The number of rotatable bonds is 2. The lowest BCUT2D eigenvalue weighted by Gasteiger charge is -2.22. The van der Waals surface area contributed by atoms with Crippen LogP contribution in [0.25, 0.3) is 0 Å². The molecule has 1 rings (SSSR count). The van der Waals surface area contributed by atoms with Gasteiger partial charge in [0.05, 0.1) is 6.20 Å². The van der Waals surface area contributed by atoms with Crippen LogP contribution < -0.4 is 10.8 Å². The highest BCUT2D eigenvalue weighted by Gasteiger charge is 2.14. The fourth-order valence-corrected chi connectivity index (χ4v) is 1.21. The largest absolute Gasteiger partial charge is 0.375 e. The van der Waals surface area contributed by atoms with E-state index in [1.54, 1.807) is 6.07 Å². The molecule has 0 amide bonds. The zero-order chi connectivity index (χ0) is 10.8. The summed E-state index contributed by atoms with van der Waals surface area (Å²) in [6.07, 6.45) is 1.52. The number of anilines is 1. The number of hydrogen-bond donors (Lipinski definition) is 3. The smallest absolute Gasteiger partial charge is 0.203 e. The van der Waals surface area contributed by atoms with E-state index in [9.17, 15) is 0 Å². The number of nitrogens with one attached hydrogen (secondary N) is 1. The molecular formula is C9H15ClN3O+. The fourth-order valence-electron chi connectivity index (χ4n) is 1.06. The van der Waals surface area contributed by atoms with Gasteiger partial charge in [0, 0.05) is 11.6 Å². The van der Waals surface area contributed by atoms with E-state index in [-0.39, 0.29) is 5.54 Å². The van der Waals surface area contributed by atoms with Crippen LogP contribution >= 0.6 is 11.6 Å². The predicted octanol–water partition coefficient (Wildman–Crippen LogP) is 1.53. The third kappa shape index (κ3) is 3.14. The molecule has 0 aliphatic rings. The van der Waals surface area contributed by atoms with Crippen molar-refractivity contribution in [3.8, 4) is 0 Å². The average Bonchev–Trinajstić information content (AvgIpc) is 2.01. The van der Waals surface area contributed by atoms with Gasteiger partial charge in [-0.15, -0.1) is 0 Å². The molecular weight excluding hydrogens is 202 g/mol. The van der Waals surface area contributed by atoms with E-state index >= 15 is 0 Å². The fraction of sp³-hybridized carbons (Fsp3) is 0.444. The van der Waals surface area contributed by atoms with Crippen LogP contribution in [0.4, 0.5) is 11.4 Å². The number of halogens is 1. The zero-order valence-corrected chi connectivity index (χ0v) is 9.26. The topological polar surface area (TPSA) is 61.8 Å². The molecule has 1 heterocycles. The predicted molar refractivity (Wildman–Crippen MR) is 56.0 cm³/mol. The van der Waals surface area contributed by atoms with E-state index < -0.39 is 0 Å². The summed E-state index contributed by atoms with van der Waals surface area (Å²) >= 11 is 5.76. The Morgan fingerprint density at radius 1 is 1.50 bits per heavy atom. The van der Waals surface area contributed by atoms with Crippen LogP contribution in [0.5, 0.6) is 0 Å². The van der Waals surface area contributed by atoms with Crippen molar-refractivity contribution >= 4 is 23.0 Å². The maximum absolute atomic E-state index is 8.96. The van der Waals surface area contributed by atoms with Crippen LogP contribution in [-0.2, 0) is 0 Å². The molecule has 0 aliphatic heterocycles. The van der Waals surface area contributed by atoms with Gasteiger partial charge in [-0.2, -0.15) is 5.48 Å². The zero-order valence-electron chi connectivity index (χ0n) is 8.50. The van der Waals surface area contributed by atoms with Crippen LogP contribution in [0, 0.1) is 0 Å². The molecule has 1 aromatic rings. The molecule has 0 aromatic carbocycles. The molecule has 1 aromatic heterocycles. The van der Waals surface area contributed by atoms with E-state index in [1.807, 2.05) is 20.8 Å². The molecule has 0 saturated carbocycles. The van der Waals surface area contributed by atoms with E-state index in [4.69, 9.17) is 16.8 Å². The Kier molecular flexibility index (Phi) is 3.31. The highest BCUT2D eigenvalue weighted by atomic mass is 35.5. The van der Waals surface area contributed by atoms with Crippen LogP contribution in [-0.4, -0.2) is 15.7 Å². The molecule has 0 saturated heterocycles. The summed E-state index contributed by atoms with van der Waals surface area (Å²) < 4.78 is 0. The highest BCUT2D eigenvalue weighted by Crippen LogP contribution is 2.22. The Bertz CT molecular complexity index is 322. The summed E-state index contributed by atoms with van der Waals surface area (Å²) in [5, 5.41) is 12.6. The summed E-state index contributed by atoms with van der Waals surface area (Å²) in [4.78, 5) is 3.87. The van der Waals surface area contributed by atoms with E-state index in [2.05, 4.69) is 10.3 Å². The van der Waals surface area contributed by atoms with Crippen LogP contribution in [0.3, 0.4) is 0 Å². The molecule has 0 bridgehead atoms. The normalized spacial score (nSPS) is 11.5. The maximum Gasteiger partial charge on any atom is 0.203 e. The molecule has 4 N–H and O–H groups in total. The van der Waals surface area contributed by atoms with Crippen molar-refractivity contribution in [2.24, 2.45) is 0 Å². The quantitative estimate of drug-likeness (QED) is 0.519. The Labute approximate surface area is 88.3 Å². The second-order valence-corrected chi connectivity index (χ2v) is 4.49. The number of pyridine rings is 1. The molecule has 14 heavy (non-hydrogen) atoms. The van der Waals surface area contributed by atoms with Gasteiger partial charge < -0.3 is 5.32 Å². The minimum absolute atomic E-state index is 0.0809. The maximum atomic E-state index is 8.96. The SMILES string of the molecule is CC(C)(C)Nc1cc(Cl)ncc1[NH2+]O. The van der Waals surface area contributed by atoms with Crippen molar-refractivity contribution in [2.45, 2.75) is 26.3 Å². The lowest BCUT2D eigenvalue weighted by Crippen LogP contribution is -2.74. The molecule has 78 valence electrons. The summed E-state index contributed by atoms with van der Waals surface area (Å²) in [5.74, 6) is 0. The standard InChI is InChI=1S/C9H14ClN3O/c1-9(2,3)12-6-4-8(10)11-5-7(6)13-14/h4-5,13-14H,1-3H3,(H,11,12)/p+1. The third-order valence-electron chi connectivity index (χ3n) is 1.55. The van der Waals surface area contributed by atoms with Gasteiger partial charge in [0.1, 0.15) is 10.8 Å². The van der Waals surface area contributed by atoms with Gasteiger partial charge in [0.25, 0.3) is 0 Å². The first-order valence-corrected chi connectivity index (χ1v) is 4.71. The number of nitrogens with zero attached hydrogens (tertiary/aromatic N) is 1. The summed E-state index contributed by atoms with van der Waals surface area (Å²) in [6, 6.07) is 1.69. The molecule has 0 fully saturated rings. The van der Waals surface area contributed by atoms with Gasteiger partial charge in [0.2, 0.25) is 5.69 Å². The first kappa shape index (κ1) is 11.2. The van der Waals surface area contributed by atoms with Crippen LogP contribution in [0.1, 0.15) is 20.8 Å². The summed E-state index contributed by atoms with van der Waals surface area (Å²) in [5.41, 5.74) is 2.34. The molecule has 0 aliphatic carbocycles. The van der Waals surface area contributed by atoms with E-state index in [0.29, 0.717) is 10.8 Å². The first-order chi connectivity index (χ1) is 6.42. The first-order valence-electron chi connectivity index (χ1n) is 4.33. The Morgan fingerprint density at radius 3 is 2.64 bits per heavy atom. The Balaban J connectivity index is 2.99. The lowest BCUT2D eigenvalue weighted by molar-refractivity contribution is -0.825. The van der Waals surface area contributed by atoms with Gasteiger partial charge in [-0.1, -0.05) is 11.6 Å². The van der Waals surface area contributed by atoms with Gasteiger partial charge >= 0.3 is 0 Å². The highest BCUT2D eigenvalue weighted by molar-refractivity contribution is 6.29. The molecule has 4 nitrogen and oxygen atoms in total. The average molecular weight is 217 g/mol. The van der Waals surface area contributed by atoms with Crippen molar-refractivity contribution in [1.82, 2.24) is 4.98 Å². The minimum Gasteiger partial charge on any atom is -0.375 e. The van der Waals surface area contributed by atoms with Gasteiger partial charge in [-0.05, 0) is 20.8 Å². The summed E-state index contributed by atoms with van der Waals surface area (Å²) in [7, 11) is 0. The van der Waals surface area contributed by atoms with Crippen molar-refractivity contribution in [1.29, 1.82) is 0 Å². The van der Waals surface area contributed by atoms with Crippen LogP contribution in [0.2, 0.25) is 5.15 Å². The molecule has 5 heteroatoms. The molecule has 0 unspecified atom stereocenters. The second-order valence-electron chi connectivity index (χ2n) is 4.10. The number of quaternary nitrogens is 1. The monoisotopic (exact) mass is 216 g/mol. The minimum atomic E-state index is -0.0809. The van der Waals surface area contributed by atoms with Crippen molar-refractivity contribution < 1.29 is 10.7 Å². The lowest BCUT2D eigenvalue weighted by atomic mass is 10.1. The van der Waals surface area contributed by atoms with Crippen molar-refractivity contribution in [3.05, 3.63) is 17.4 Å². The van der Waals surface area contributed by atoms with Gasteiger partial charge in [-0.3, -0.25) is 0 Å². The Morgan fingerprint density at radius 2 is 2.14 bits per heavy atom. The van der Waals surface area contributed by atoms with Crippen molar-refractivity contribution in [3.63, 3.8) is 0 Å². The van der Waals surface area contributed by atoms with Crippen molar-refractivity contribution in [2.75, 3.05) is 5.32 Å². The van der Waals surface area contributed by atoms with Gasteiger partial charge in [-0.25, -0.2) is 10.2 Å². The number of hydrogen-bond acceptors (Lipinski definition) is 3. The molecule has 0 radical (unpaired) electrons. The van der Waals surface area contributed by atoms with E-state index in [1.165, 1.54) is 6.20 Å². The molecule has 0 atom stereocenters. The van der Waals surface area contributed by atoms with E-state index in [0.717, 1.165) is 11.2 Å². The summed E-state index contributed by atoms with van der Waals surface area (Å²) in [6.45, 7) is 6.09. The Hall–Kier alpha value is -0.840. The number of nitrogens with two attached hydrogens (primary N) is 1. The molecule has 0 spiro atoms. The third-order valence-corrected chi connectivity index (χ3v) is 1.76. The van der Waals surface area contributed by atoms with Gasteiger partial charge in [0.15, 0.2) is 0 Å². The second kappa shape index (κ2) is 4.13.